The van der Waals surface area contributed by atoms with Gasteiger partial charge in [0.15, 0.2) is 0 Å². The van der Waals surface area contributed by atoms with Crippen LogP contribution in [0.25, 0.3) is 0 Å². The third kappa shape index (κ3) is 2.59. The maximum Gasteiger partial charge on any atom is 0.147 e. The molecule has 0 bridgehead atoms. The fourth-order valence-electron chi connectivity index (χ4n) is 1.56. The molecule has 6 heteroatoms. The minimum Gasteiger partial charge on any atom is -0.386 e. The molecule has 1 atom stereocenters. The second-order valence-corrected chi connectivity index (χ2v) is 3.92. The monoisotopic (exact) mass is 224 g/mol. The van der Waals surface area contributed by atoms with Gasteiger partial charge in [-0.05, 0) is 0 Å². The van der Waals surface area contributed by atoms with Gasteiger partial charge in [-0.3, -0.25) is 4.98 Å². The summed E-state index contributed by atoms with van der Waals surface area (Å²) in [6, 6.07) is 0. The molecule has 0 aromatic carbocycles. The Morgan fingerprint density at radius 3 is 3.00 bits per heavy atom. The smallest absolute Gasteiger partial charge is 0.147 e. The average molecular weight is 224 g/mol. The van der Waals surface area contributed by atoms with Gasteiger partial charge in [0, 0.05) is 26.6 Å². The summed E-state index contributed by atoms with van der Waals surface area (Å²) < 4.78 is 5.16. The van der Waals surface area contributed by atoms with Crippen LogP contribution in [0, 0.1) is 0 Å². The van der Waals surface area contributed by atoms with Crippen LogP contribution in [0.4, 0.5) is 11.6 Å². The molecule has 0 aliphatic carbocycles. The van der Waals surface area contributed by atoms with Gasteiger partial charge in [-0.15, -0.1) is 0 Å². The number of ether oxygens (including phenoxy) is 1. The number of anilines is 2. The molecular weight excluding hydrogens is 208 g/mol. The highest BCUT2D eigenvalue weighted by Gasteiger charge is 2.31. The maximum absolute atomic E-state index is 10.0. The van der Waals surface area contributed by atoms with Crippen molar-refractivity contribution >= 4 is 11.6 Å². The van der Waals surface area contributed by atoms with Crippen LogP contribution in [0.15, 0.2) is 12.4 Å². The number of hydrogen-bond acceptors (Lipinski definition) is 6. The molecule has 2 rings (SSSR count). The second kappa shape index (κ2) is 4.63. The van der Waals surface area contributed by atoms with Crippen molar-refractivity contribution < 1.29 is 9.84 Å². The standard InChI is InChI=1S/C10H16N4O2/c1-11-8-4-12-5-9(14-8)13-6-10(15)2-3-16-7-10/h4-5,15H,2-3,6-7H2,1H3,(H2,11,13,14). The molecule has 1 unspecified atom stereocenters. The molecule has 1 aromatic heterocycles. The van der Waals surface area contributed by atoms with Gasteiger partial charge in [0.2, 0.25) is 0 Å². The van der Waals surface area contributed by atoms with Crippen molar-refractivity contribution in [3.8, 4) is 0 Å². The number of nitrogens with one attached hydrogen (secondary N) is 2. The van der Waals surface area contributed by atoms with Crippen LogP contribution in [-0.2, 0) is 4.74 Å². The van der Waals surface area contributed by atoms with Crippen molar-refractivity contribution in [2.75, 3.05) is 37.4 Å². The number of hydrogen-bond donors (Lipinski definition) is 3. The Hall–Kier alpha value is -1.40. The molecule has 1 aliphatic heterocycles. The van der Waals surface area contributed by atoms with Crippen molar-refractivity contribution in [2.45, 2.75) is 12.0 Å². The summed E-state index contributed by atoms with van der Waals surface area (Å²) >= 11 is 0. The van der Waals surface area contributed by atoms with E-state index in [0.717, 1.165) is 0 Å². The summed E-state index contributed by atoms with van der Waals surface area (Å²) in [6.07, 6.45) is 3.91. The summed E-state index contributed by atoms with van der Waals surface area (Å²) in [6.45, 7) is 1.41. The van der Waals surface area contributed by atoms with E-state index in [1.165, 1.54) is 0 Å². The van der Waals surface area contributed by atoms with Gasteiger partial charge in [-0.2, -0.15) is 0 Å². The molecule has 1 fully saturated rings. The highest BCUT2D eigenvalue weighted by Crippen LogP contribution is 2.18. The van der Waals surface area contributed by atoms with Crippen molar-refractivity contribution in [1.82, 2.24) is 9.97 Å². The zero-order valence-electron chi connectivity index (χ0n) is 9.23. The maximum atomic E-state index is 10.0. The predicted octanol–water partition coefficient (Wildman–Crippen LogP) is 0.0816. The molecule has 0 amide bonds. The molecule has 6 nitrogen and oxygen atoms in total. The molecule has 0 saturated carbocycles. The van der Waals surface area contributed by atoms with Crippen LogP contribution in [-0.4, -0.2) is 47.5 Å². The normalized spacial score (nSPS) is 24.4. The first-order valence-electron chi connectivity index (χ1n) is 5.26. The van der Waals surface area contributed by atoms with E-state index in [0.29, 0.717) is 37.8 Å². The summed E-state index contributed by atoms with van der Waals surface area (Å²) in [7, 11) is 1.78. The minimum absolute atomic E-state index is 0.374. The Balaban J connectivity index is 1.93. The van der Waals surface area contributed by atoms with E-state index in [1.807, 2.05) is 0 Å². The quantitative estimate of drug-likeness (QED) is 0.672. The molecule has 16 heavy (non-hydrogen) atoms. The van der Waals surface area contributed by atoms with Gasteiger partial charge in [0.25, 0.3) is 0 Å². The van der Waals surface area contributed by atoms with E-state index in [-0.39, 0.29) is 0 Å². The van der Waals surface area contributed by atoms with E-state index in [2.05, 4.69) is 20.6 Å². The van der Waals surface area contributed by atoms with E-state index in [1.54, 1.807) is 19.4 Å². The van der Waals surface area contributed by atoms with E-state index in [9.17, 15) is 5.11 Å². The number of nitrogens with zero attached hydrogens (tertiary/aromatic N) is 2. The predicted molar refractivity (Wildman–Crippen MR) is 60.5 cm³/mol. The van der Waals surface area contributed by atoms with Gasteiger partial charge in [-0.1, -0.05) is 0 Å². The molecule has 88 valence electrons. The summed E-state index contributed by atoms with van der Waals surface area (Å²) in [4.78, 5) is 8.27. The molecule has 3 N–H and O–H groups in total. The van der Waals surface area contributed by atoms with Crippen LogP contribution < -0.4 is 10.6 Å². The van der Waals surface area contributed by atoms with E-state index in [4.69, 9.17) is 4.74 Å². The lowest BCUT2D eigenvalue weighted by molar-refractivity contribution is 0.0381. The number of aliphatic hydroxyl groups is 1. The molecule has 1 aromatic rings. The number of rotatable bonds is 4. The molecule has 1 saturated heterocycles. The van der Waals surface area contributed by atoms with Crippen molar-refractivity contribution in [1.29, 1.82) is 0 Å². The third-order valence-corrected chi connectivity index (χ3v) is 2.57. The molecule has 0 spiro atoms. The zero-order valence-corrected chi connectivity index (χ0v) is 9.23. The first kappa shape index (κ1) is 11.1. The average Bonchev–Trinajstić information content (AvgIpc) is 2.75. The largest absolute Gasteiger partial charge is 0.386 e. The Morgan fingerprint density at radius 1 is 1.50 bits per heavy atom. The van der Waals surface area contributed by atoms with Gasteiger partial charge >= 0.3 is 0 Å². The zero-order chi connectivity index (χ0) is 11.4. The lowest BCUT2D eigenvalue weighted by Gasteiger charge is -2.20. The fraction of sp³-hybridized carbons (Fsp3) is 0.600. The topological polar surface area (TPSA) is 79.3 Å². The SMILES string of the molecule is CNc1cncc(NCC2(O)CCOC2)n1. The summed E-state index contributed by atoms with van der Waals surface area (Å²) in [5.41, 5.74) is -0.780. The molecule has 1 aliphatic rings. The second-order valence-electron chi connectivity index (χ2n) is 3.92. The van der Waals surface area contributed by atoms with E-state index >= 15 is 0 Å². The van der Waals surface area contributed by atoms with E-state index < -0.39 is 5.60 Å². The van der Waals surface area contributed by atoms with Crippen LogP contribution in [0.3, 0.4) is 0 Å². The Labute approximate surface area is 94.1 Å². The van der Waals surface area contributed by atoms with Gasteiger partial charge < -0.3 is 20.5 Å². The minimum atomic E-state index is -0.780. The van der Waals surface area contributed by atoms with Gasteiger partial charge in [0.1, 0.15) is 17.2 Å². The molecule has 2 heterocycles. The van der Waals surface area contributed by atoms with Crippen molar-refractivity contribution in [2.24, 2.45) is 0 Å². The van der Waals surface area contributed by atoms with Crippen LogP contribution in [0.1, 0.15) is 6.42 Å². The molecule has 0 radical (unpaired) electrons. The Bertz CT molecular complexity index is 352. The fourth-order valence-corrected chi connectivity index (χ4v) is 1.56. The summed E-state index contributed by atoms with van der Waals surface area (Å²) in [5, 5.41) is 16.0. The van der Waals surface area contributed by atoms with Gasteiger partial charge in [-0.25, -0.2) is 4.98 Å². The summed E-state index contributed by atoms with van der Waals surface area (Å²) in [5.74, 6) is 1.34. The van der Waals surface area contributed by atoms with Crippen LogP contribution in [0.2, 0.25) is 0 Å². The lowest BCUT2D eigenvalue weighted by atomic mass is 10.0. The first-order valence-corrected chi connectivity index (χ1v) is 5.26. The Morgan fingerprint density at radius 2 is 2.31 bits per heavy atom. The number of aromatic nitrogens is 2. The van der Waals surface area contributed by atoms with Crippen molar-refractivity contribution in [3.05, 3.63) is 12.4 Å². The molecular formula is C10H16N4O2. The van der Waals surface area contributed by atoms with Gasteiger partial charge in [0.05, 0.1) is 19.0 Å². The highest BCUT2D eigenvalue weighted by atomic mass is 16.5. The van der Waals surface area contributed by atoms with Crippen molar-refractivity contribution in [3.63, 3.8) is 0 Å². The van der Waals surface area contributed by atoms with Crippen LogP contribution in [0.5, 0.6) is 0 Å². The highest BCUT2D eigenvalue weighted by molar-refractivity contribution is 5.41. The Kier molecular flexibility index (Phi) is 3.21. The third-order valence-electron chi connectivity index (χ3n) is 2.57. The first-order chi connectivity index (χ1) is 7.72. The lowest BCUT2D eigenvalue weighted by Crippen LogP contribution is -2.37. The van der Waals surface area contributed by atoms with Crippen LogP contribution >= 0.6 is 0 Å².